The number of nitro groups is 1. The Labute approximate surface area is 121 Å². The van der Waals surface area contributed by atoms with Crippen molar-refractivity contribution in [3.63, 3.8) is 0 Å². The number of nitrogens with one attached hydrogen (secondary N) is 1. The summed E-state index contributed by atoms with van der Waals surface area (Å²) in [5.74, 6) is -0.321. The molecule has 1 amide bonds. The Morgan fingerprint density at radius 1 is 1.29 bits per heavy atom. The van der Waals surface area contributed by atoms with E-state index in [0.29, 0.717) is 12.1 Å². The lowest BCUT2D eigenvalue weighted by Gasteiger charge is -2.07. The number of hydrogen-bond donors (Lipinski definition) is 2. The summed E-state index contributed by atoms with van der Waals surface area (Å²) in [6.45, 7) is 2.36. The van der Waals surface area contributed by atoms with E-state index in [0.717, 1.165) is 11.1 Å². The lowest BCUT2D eigenvalue weighted by atomic mass is 10.1. The van der Waals surface area contributed by atoms with Crippen LogP contribution in [0.5, 0.6) is 0 Å². The SMILES string of the molecule is Cc1cccc(CNC(=O)c2ccc([N+](=O)[O-])c(N)c2)c1. The van der Waals surface area contributed by atoms with Gasteiger partial charge in [-0.2, -0.15) is 0 Å². The minimum absolute atomic E-state index is 0.0248. The zero-order valence-corrected chi connectivity index (χ0v) is 11.5. The van der Waals surface area contributed by atoms with Crippen LogP contribution in [0.1, 0.15) is 21.5 Å². The van der Waals surface area contributed by atoms with E-state index in [1.807, 2.05) is 31.2 Å². The lowest BCUT2D eigenvalue weighted by molar-refractivity contribution is -0.383. The van der Waals surface area contributed by atoms with E-state index >= 15 is 0 Å². The number of hydrogen-bond acceptors (Lipinski definition) is 4. The number of rotatable bonds is 4. The number of aryl methyl sites for hydroxylation is 1. The minimum Gasteiger partial charge on any atom is -0.393 e. The second-order valence-electron chi connectivity index (χ2n) is 4.70. The van der Waals surface area contributed by atoms with Crippen molar-refractivity contribution in [1.29, 1.82) is 0 Å². The van der Waals surface area contributed by atoms with Gasteiger partial charge in [0.25, 0.3) is 11.6 Å². The van der Waals surface area contributed by atoms with Gasteiger partial charge >= 0.3 is 0 Å². The zero-order valence-electron chi connectivity index (χ0n) is 11.5. The quantitative estimate of drug-likeness (QED) is 0.512. The molecule has 0 aliphatic heterocycles. The molecule has 0 heterocycles. The Balaban J connectivity index is 2.07. The second-order valence-corrected chi connectivity index (χ2v) is 4.70. The van der Waals surface area contributed by atoms with Gasteiger partial charge in [0, 0.05) is 18.2 Å². The van der Waals surface area contributed by atoms with Gasteiger partial charge in [-0.05, 0) is 24.6 Å². The van der Waals surface area contributed by atoms with Crippen LogP contribution in [0.15, 0.2) is 42.5 Å². The Hall–Kier alpha value is -2.89. The molecule has 21 heavy (non-hydrogen) atoms. The molecule has 0 aromatic heterocycles. The van der Waals surface area contributed by atoms with Crippen LogP contribution in [0.2, 0.25) is 0 Å². The third-order valence-corrected chi connectivity index (χ3v) is 3.02. The summed E-state index contributed by atoms with van der Waals surface area (Å²) in [6, 6.07) is 11.7. The van der Waals surface area contributed by atoms with Crippen LogP contribution in [-0.2, 0) is 6.54 Å². The maximum atomic E-state index is 12.0. The van der Waals surface area contributed by atoms with Gasteiger partial charge < -0.3 is 11.1 Å². The summed E-state index contributed by atoms with van der Waals surface area (Å²) >= 11 is 0. The van der Waals surface area contributed by atoms with Gasteiger partial charge in [-0.3, -0.25) is 14.9 Å². The number of nitrogens with zero attached hydrogens (tertiary/aromatic N) is 1. The summed E-state index contributed by atoms with van der Waals surface area (Å²) in [4.78, 5) is 22.1. The Kier molecular flexibility index (Phi) is 4.18. The zero-order chi connectivity index (χ0) is 15.4. The van der Waals surface area contributed by atoms with Crippen LogP contribution in [-0.4, -0.2) is 10.8 Å². The third kappa shape index (κ3) is 3.56. The number of carbonyl (C=O) groups is 1. The number of nitro benzene ring substituents is 1. The number of nitrogen functional groups attached to an aromatic ring is 1. The normalized spacial score (nSPS) is 10.1. The first kappa shape index (κ1) is 14.5. The minimum atomic E-state index is -0.580. The highest BCUT2D eigenvalue weighted by Crippen LogP contribution is 2.22. The Morgan fingerprint density at radius 3 is 2.67 bits per heavy atom. The maximum absolute atomic E-state index is 12.0. The molecule has 0 aliphatic rings. The molecule has 0 aliphatic carbocycles. The first-order valence-electron chi connectivity index (χ1n) is 6.35. The molecule has 0 atom stereocenters. The molecule has 0 fully saturated rings. The molecule has 0 saturated heterocycles. The first-order valence-corrected chi connectivity index (χ1v) is 6.35. The van der Waals surface area contributed by atoms with Crippen molar-refractivity contribution in [1.82, 2.24) is 5.32 Å². The smallest absolute Gasteiger partial charge is 0.292 e. The molecule has 0 radical (unpaired) electrons. The van der Waals surface area contributed by atoms with E-state index in [1.165, 1.54) is 18.2 Å². The van der Waals surface area contributed by atoms with Gasteiger partial charge in [0.15, 0.2) is 0 Å². The highest BCUT2D eigenvalue weighted by molar-refractivity contribution is 5.95. The number of anilines is 1. The fourth-order valence-corrected chi connectivity index (χ4v) is 1.97. The van der Waals surface area contributed by atoms with Gasteiger partial charge in [0.2, 0.25) is 0 Å². The lowest BCUT2D eigenvalue weighted by Crippen LogP contribution is -2.23. The van der Waals surface area contributed by atoms with Crippen LogP contribution in [0.3, 0.4) is 0 Å². The number of carbonyl (C=O) groups excluding carboxylic acids is 1. The van der Waals surface area contributed by atoms with Crippen molar-refractivity contribution < 1.29 is 9.72 Å². The second kappa shape index (κ2) is 6.04. The first-order chi connectivity index (χ1) is 9.97. The van der Waals surface area contributed by atoms with Crippen LogP contribution >= 0.6 is 0 Å². The average Bonchev–Trinajstić information content (AvgIpc) is 2.44. The van der Waals surface area contributed by atoms with E-state index in [-0.39, 0.29) is 17.3 Å². The van der Waals surface area contributed by atoms with Crippen molar-refractivity contribution in [2.75, 3.05) is 5.73 Å². The molecule has 0 bridgehead atoms. The molecule has 3 N–H and O–H groups in total. The van der Waals surface area contributed by atoms with Crippen LogP contribution in [0, 0.1) is 17.0 Å². The third-order valence-electron chi connectivity index (χ3n) is 3.02. The highest BCUT2D eigenvalue weighted by Gasteiger charge is 2.14. The topological polar surface area (TPSA) is 98.3 Å². The fraction of sp³-hybridized carbons (Fsp3) is 0.133. The maximum Gasteiger partial charge on any atom is 0.292 e. The van der Waals surface area contributed by atoms with Gasteiger partial charge in [0.1, 0.15) is 5.69 Å². The average molecular weight is 285 g/mol. The van der Waals surface area contributed by atoms with Crippen molar-refractivity contribution in [3.05, 3.63) is 69.3 Å². The van der Waals surface area contributed by atoms with Crippen LogP contribution in [0.25, 0.3) is 0 Å². The Bertz CT molecular complexity index is 698. The summed E-state index contributed by atoms with van der Waals surface area (Å²) in [6.07, 6.45) is 0. The standard InChI is InChI=1S/C15H15N3O3/c1-10-3-2-4-11(7-10)9-17-15(19)12-5-6-14(18(20)21)13(16)8-12/h2-8H,9,16H2,1H3,(H,17,19). The van der Waals surface area contributed by atoms with Gasteiger partial charge in [0.05, 0.1) is 4.92 Å². The summed E-state index contributed by atoms with van der Waals surface area (Å²) in [5, 5.41) is 13.4. The molecule has 0 saturated carbocycles. The van der Waals surface area contributed by atoms with Crippen molar-refractivity contribution in [2.24, 2.45) is 0 Å². The molecule has 2 aromatic rings. The number of nitrogens with two attached hydrogens (primary N) is 1. The van der Waals surface area contributed by atoms with E-state index in [1.54, 1.807) is 0 Å². The monoisotopic (exact) mass is 285 g/mol. The van der Waals surface area contributed by atoms with Gasteiger partial charge in [-0.1, -0.05) is 29.8 Å². The molecular weight excluding hydrogens is 270 g/mol. The summed E-state index contributed by atoms with van der Waals surface area (Å²) < 4.78 is 0. The van der Waals surface area contributed by atoms with E-state index < -0.39 is 4.92 Å². The molecule has 0 unspecified atom stereocenters. The summed E-state index contributed by atoms with van der Waals surface area (Å²) in [7, 11) is 0. The van der Waals surface area contributed by atoms with E-state index in [9.17, 15) is 14.9 Å². The molecule has 108 valence electrons. The number of amides is 1. The van der Waals surface area contributed by atoms with Crippen molar-refractivity contribution in [3.8, 4) is 0 Å². The molecule has 0 spiro atoms. The molecular formula is C15H15N3O3. The summed E-state index contributed by atoms with van der Waals surface area (Å²) in [5.41, 5.74) is 7.73. The van der Waals surface area contributed by atoms with Crippen molar-refractivity contribution in [2.45, 2.75) is 13.5 Å². The molecule has 6 nitrogen and oxygen atoms in total. The molecule has 2 rings (SSSR count). The van der Waals surface area contributed by atoms with Gasteiger partial charge in [-0.25, -0.2) is 0 Å². The Morgan fingerprint density at radius 2 is 2.05 bits per heavy atom. The van der Waals surface area contributed by atoms with E-state index in [4.69, 9.17) is 5.73 Å². The van der Waals surface area contributed by atoms with Crippen LogP contribution < -0.4 is 11.1 Å². The molecule has 6 heteroatoms. The van der Waals surface area contributed by atoms with Crippen LogP contribution in [0.4, 0.5) is 11.4 Å². The number of benzene rings is 2. The fourth-order valence-electron chi connectivity index (χ4n) is 1.97. The van der Waals surface area contributed by atoms with Gasteiger partial charge in [-0.15, -0.1) is 0 Å². The molecule has 2 aromatic carbocycles. The van der Waals surface area contributed by atoms with E-state index in [2.05, 4.69) is 5.32 Å². The predicted octanol–water partition coefficient (Wildman–Crippen LogP) is 2.42. The highest BCUT2D eigenvalue weighted by atomic mass is 16.6. The predicted molar refractivity (Wildman–Crippen MR) is 79.9 cm³/mol. The largest absolute Gasteiger partial charge is 0.393 e. The van der Waals surface area contributed by atoms with Crippen molar-refractivity contribution >= 4 is 17.3 Å².